The van der Waals surface area contributed by atoms with E-state index in [9.17, 15) is 4.79 Å². The second-order valence-electron chi connectivity index (χ2n) is 7.23. The van der Waals surface area contributed by atoms with E-state index in [1.807, 2.05) is 30.3 Å². The van der Waals surface area contributed by atoms with Gasteiger partial charge in [-0.2, -0.15) is 0 Å². The van der Waals surface area contributed by atoms with Crippen LogP contribution in [0.4, 0.5) is 5.13 Å². The lowest BCUT2D eigenvalue weighted by Crippen LogP contribution is -2.56. The van der Waals surface area contributed by atoms with E-state index in [4.69, 9.17) is 5.73 Å². The molecule has 1 amide bonds. The van der Waals surface area contributed by atoms with Gasteiger partial charge in [0.15, 0.2) is 0 Å². The summed E-state index contributed by atoms with van der Waals surface area (Å²) in [6, 6.07) is 9.65. The molecule has 2 aromatic rings. The van der Waals surface area contributed by atoms with Crippen molar-refractivity contribution in [3.8, 4) is 0 Å². The molecule has 1 unspecified atom stereocenters. The molecule has 138 valence electrons. The SMILES string of the molecule is Nc1nnc(C(NC(=O)C2(N3CCCC3)CCCC2)c2ccccc2)s1. The van der Waals surface area contributed by atoms with Gasteiger partial charge in [0.2, 0.25) is 11.0 Å². The Hall–Kier alpha value is -1.99. The first-order chi connectivity index (χ1) is 12.7. The third kappa shape index (κ3) is 3.21. The number of amides is 1. The van der Waals surface area contributed by atoms with E-state index in [0.29, 0.717) is 5.13 Å². The minimum Gasteiger partial charge on any atom is -0.374 e. The average Bonchev–Trinajstić information content (AvgIpc) is 3.41. The molecule has 2 heterocycles. The molecular formula is C19H25N5OS. The molecule has 1 saturated heterocycles. The summed E-state index contributed by atoms with van der Waals surface area (Å²) in [5, 5.41) is 12.6. The summed E-state index contributed by atoms with van der Waals surface area (Å²) in [4.78, 5) is 15.9. The van der Waals surface area contributed by atoms with E-state index in [1.54, 1.807) is 0 Å². The number of hydrogen-bond donors (Lipinski definition) is 2. The van der Waals surface area contributed by atoms with Gasteiger partial charge < -0.3 is 11.1 Å². The van der Waals surface area contributed by atoms with Crippen LogP contribution >= 0.6 is 11.3 Å². The molecular weight excluding hydrogens is 346 g/mol. The number of carbonyl (C=O) groups excluding carboxylic acids is 1. The number of anilines is 1. The second-order valence-corrected chi connectivity index (χ2v) is 8.27. The zero-order valence-electron chi connectivity index (χ0n) is 14.9. The van der Waals surface area contributed by atoms with Crippen molar-refractivity contribution in [2.24, 2.45) is 0 Å². The number of hydrogen-bond acceptors (Lipinski definition) is 6. The molecule has 6 nitrogen and oxygen atoms in total. The fourth-order valence-corrected chi connectivity index (χ4v) is 5.04. The van der Waals surface area contributed by atoms with Gasteiger partial charge >= 0.3 is 0 Å². The fourth-order valence-electron chi connectivity index (χ4n) is 4.35. The van der Waals surface area contributed by atoms with Crippen LogP contribution in [0.25, 0.3) is 0 Å². The van der Waals surface area contributed by atoms with E-state index in [2.05, 4.69) is 20.4 Å². The summed E-state index contributed by atoms with van der Waals surface area (Å²) in [6.45, 7) is 2.05. The number of nitrogens with zero attached hydrogens (tertiary/aromatic N) is 3. The van der Waals surface area contributed by atoms with Crippen molar-refractivity contribution in [3.63, 3.8) is 0 Å². The van der Waals surface area contributed by atoms with Gasteiger partial charge in [-0.25, -0.2) is 0 Å². The largest absolute Gasteiger partial charge is 0.374 e. The molecule has 1 atom stereocenters. The van der Waals surface area contributed by atoms with Gasteiger partial charge in [0.25, 0.3) is 0 Å². The third-order valence-electron chi connectivity index (χ3n) is 5.68. The van der Waals surface area contributed by atoms with Gasteiger partial charge in [-0.1, -0.05) is 54.5 Å². The Balaban J connectivity index is 1.63. The fraction of sp³-hybridized carbons (Fsp3) is 0.526. The second kappa shape index (κ2) is 7.32. The third-order valence-corrected chi connectivity index (χ3v) is 6.49. The standard InChI is InChI=1S/C19H25N5OS/c20-18-23-22-16(26-18)15(14-8-2-1-3-9-14)21-17(25)19(10-4-5-11-19)24-12-6-7-13-24/h1-3,8-9,15H,4-7,10-13H2,(H2,20,23)(H,21,25). The molecule has 1 aromatic carbocycles. The molecule has 2 aliphatic rings. The van der Waals surface area contributed by atoms with Crippen molar-refractivity contribution in [3.05, 3.63) is 40.9 Å². The van der Waals surface area contributed by atoms with Crippen molar-refractivity contribution in [1.82, 2.24) is 20.4 Å². The Kier molecular flexibility index (Phi) is 4.91. The predicted octanol–water partition coefficient (Wildman–Crippen LogP) is 2.73. The van der Waals surface area contributed by atoms with E-state index < -0.39 is 0 Å². The lowest BCUT2D eigenvalue weighted by Gasteiger charge is -2.38. The molecule has 1 aliphatic heterocycles. The van der Waals surface area contributed by atoms with Crippen LogP contribution in [0.5, 0.6) is 0 Å². The quantitative estimate of drug-likeness (QED) is 0.844. The number of nitrogen functional groups attached to an aromatic ring is 1. The summed E-state index contributed by atoms with van der Waals surface area (Å²) in [5.74, 6) is 0.125. The highest BCUT2D eigenvalue weighted by Gasteiger charge is 2.47. The minimum absolute atomic E-state index is 0.125. The lowest BCUT2D eigenvalue weighted by atomic mass is 9.93. The normalized spacial score (nSPS) is 20.9. The molecule has 1 aromatic heterocycles. The first kappa shape index (κ1) is 17.4. The van der Waals surface area contributed by atoms with Crippen molar-refractivity contribution >= 4 is 22.4 Å². The van der Waals surface area contributed by atoms with E-state index in [0.717, 1.165) is 49.3 Å². The zero-order valence-corrected chi connectivity index (χ0v) is 15.7. The number of aromatic nitrogens is 2. The molecule has 7 heteroatoms. The maximum atomic E-state index is 13.5. The van der Waals surface area contributed by atoms with Crippen LogP contribution < -0.4 is 11.1 Å². The highest BCUT2D eigenvalue weighted by Crippen LogP contribution is 2.38. The summed E-state index contributed by atoms with van der Waals surface area (Å²) >= 11 is 1.33. The molecule has 4 rings (SSSR count). The van der Waals surface area contributed by atoms with E-state index >= 15 is 0 Å². The smallest absolute Gasteiger partial charge is 0.241 e. The summed E-state index contributed by atoms with van der Waals surface area (Å²) in [6.07, 6.45) is 6.49. The van der Waals surface area contributed by atoms with Gasteiger partial charge in [-0.05, 0) is 44.3 Å². The zero-order chi connectivity index (χ0) is 18.0. The van der Waals surface area contributed by atoms with Crippen LogP contribution in [0.15, 0.2) is 30.3 Å². The van der Waals surface area contributed by atoms with Gasteiger partial charge in [-0.15, -0.1) is 10.2 Å². The minimum atomic E-state index is -0.361. The maximum absolute atomic E-state index is 13.5. The van der Waals surface area contributed by atoms with E-state index in [1.165, 1.54) is 24.2 Å². The number of likely N-dealkylation sites (tertiary alicyclic amines) is 1. The van der Waals surface area contributed by atoms with Crippen molar-refractivity contribution in [2.45, 2.75) is 50.1 Å². The number of nitrogens with one attached hydrogen (secondary N) is 1. The summed E-state index contributed by atoms with van der Waals surface area (Å²) in [5.41, 5.74) is 6.44. The molecule has 2 fully saturated rings. The average molecular weight is 372 g/mol. The van der Waals surface area contributed by atoms with Gasteiger partial charge in [0.1, 0.15) is 16.6 Å². The van der Waals surface area contributed by atoms with Crippen LogP contribution in [-0.4, -0.2) is 39.6 Å². The molecule has 0 bridgehead atoms. The van der Waals surface area contributed by atoms with Crippen LogP contribution in [0.1, 0.15) is 55.1 Å². The summed E-state index contributed by atoms with van der Waals surface area (Å²) < 4.78 is 0. The highest BCUT2D eigenvalue weighted by molar-refractivity contribution is 7.15. The first-order valence-electron chi connectivity index (χ1n) is 9.39. The highest BCUT2D eigenvalue weighted by atomic mass is 32.1. The topological polar surface area (TPSA) is 84.1 Å². The van der Waals surface area contributed by atoms with Crippen LogP contribution in [0.3, 0.4) is 0 Å². The van der Waals surface area contributed by atoms with Crippen molar-refractivity contribution in [2.75, 3.05) is 18.8 Å². The van der Waals surface area contributed by atoms with Crippen LogP contribution in [0, 0.1) is 0 Å². The Morgan fingerprint density at radius 3 is 2.42 bits per heavy atom. The predicted molar refractivity (Wildman–Crippen MR) is 103 cm³/mol. The molecule has 0 radical (unpaired) electrons. The monoisotopic (exact) mass is 371 g/mol. The van der Waals surface area contributed by atoms with E-state index in [-0.39, 0.29) is 17.5 Å². The Bertz CT molecular complexity index is 750. The number of nitrogens with two attached hydrogens (primary N) is 1. The molecule has 1 aliphatic carbocycles. The van der Waals surface area contributed by atoms with Crippen molar-refractivity contribution in [1.29, 1.82) is 0 Å². The Labute approximate surface area is 157 Å². The summed E-state index contributed by atoms with van der Waals surface area (Å²) in [7, 11) is 0. The molecule has 3 N–H and O–H groups in total. The Morgan fingerprint density at radius 2 is 1.81 bits per heavy atom. The number of rotatable bonds is 5. The Morgan fingerprint density at radius 1 is 1.12 bits per heavy atom. The van der Waals surface area contributed by atoms with Crippen LogP contribution in [-0.2, 0) is 4.79 Å². The first-order valence-corrected chi connectivity index (χ1v) is 10.2. The van der Waals surface area contributed by atoms with Gasteiger partial charge in [-0.3, -0.25) is 9.69 Å². The number of benzene rings is 1. The number of carbonyl (C=O) groups is 1. The van der Waals surface area contributed by atoms with Gasteiger partial charge in [0, 0.05) is 0 Å². The van der Waals surface area contributed by atoms with Crippen molar-refractivity contribution < 1.29 is 4.79 Å². The maximum Gasteiger partial charge on any atom is 0.241 e. The molecule has 0 spiro atoms. The molecule has 1 saturated carbocycles. The van der Waals surface area contributed by atoms with Gasteiger partial charge in [0.05, 0.1) is 0 Å². The van der Waals surface area contributed by atoms with Crippen LogP contribution in [0.2, 0.25) is 0 Å². The lowest BCUT2D eigenvalue weighted by molar-refractivity contribution is -0.133. The molecule has 26 heavy (non-hydrogen) atoms.